The van der Waals surface area contributed by atoms with Gasteiger partial charge in [0.05, 0.1) is 12.7 Å². The molecule has 3 rings (SSSR count). The predicted molar refractivity (Wildman–Crippen MR) is 99.2 cm³/mol. The van der Waals surface area contributed by atoms with Gasteiger partial charge in [-0.2, -0.15) is 0 Å². The lowest BCUT2D eigenvalue weighted by molar-refractivity contribution is -0.168. The van der Waals surface area contributed by atoms with Gasteiger partial charge in [0.25, 0.3) is 0 Å². The largest absolute Gasteiger partial charge is 0.456 e. The lowest BCUT2D eigenvalue weighted by Crippen LogP contribution is -2.48. The number of rotatable bonds is 6. The second-order valence-corrected chi connectivity index (χ2v) is 7.40. The maximum Gasteiger partial charge on any atom is 0.333 e. The van der Waals surface area contributed by atoms with E-state index < -0.39 is 12.1 Å². The number of hydrogen-bond acceptors (Lipinski definition) is 4. The smallest absolute Gasteiger partial charge is 0.333 e. The minimum atomic E-state index is -0.437. The number of ether oxygens (including phenoxy) is 2. The zero-order valence-corrected chi connectivity index (χ0v) is 15.2. The molecule has 0 aliphatic heterocycles. The van der Waals surface area contributed by atoms with E-state index in [0.29, 0.717) is 25.0 Å². The van der Waals surface area contributed by atoms with E-state index in [2.05, 4.69) is 13.2 Å². The number of fused-ring (bicyclic) bond motifs is 1. The molecule has 4 nitrogen and oxygen atoms in total. The Morgan fingerprint density at radius 2 is 2.00 bits per heavy atom. The molecule has 2 aliphatic carbocycles. The number of hydrogen-bond donors (Lipinski definition) is 0. The normalized spacial score (nSPS) is 30.5. The van der Waals surface area contributed by atoms with Crippen molar-refractivity contribution in [2.45, 2.75) is 45.0 Å². The van der Waals surface area contributed by atoms with Gasteiger partial charge in [0.15, 0.2) is 0 Å². The van der Waals surface area contributed by atoms with E-state index in [1.807, 2.05) is 36.4 Å². The van der Waals surface area contributed by atoms with Crippen molar-refractivity contribution < 1.29 is 19.1 Å². The Morgan fingerprint density at radius 1 is 1.27 bits per heavy atom. The van der Waals surface area contributed by atoms with Gasteiger partial charge in [0.1, 0.15) is 11.9 Å². The van der Waals surface area contributed by atoms with Crippen molar-refractivity contribution in [3.05, 3.63) is 60.7 Å². The van der Waals surface area contributed by atoms with Crippen molar-refractivity contribution in [1.82, 2.24) is 0 Å². The van der Waals surface area contributed by atoms with Gasteiger partial charge < -0.3 is 9.47 Å². The average molecular weight is 354 g/mol. The minimum Gasteiger partial charge on any atom is -0.456 e. The Balaban J connectivity index is 1.80. The van der Waals surface area contributed by atoms with Crippen LogP contribution in [0.5, 0.6) is 0 Å². The topological polar surface area (TPSA) is 52.6 Å². The fourth-order valence-electron chi connectivity index (χ4n) is 4.22. The molecule has 26 heavy (non-hydrogen) atoms. The molecular weight excluding hydrogens is 328 g/mol. The van der Waals surface area contributed by atoms with Crippen molar-refractivity contribution in [1.29, 1.82) is 0 Å². The van der Waals surface area contributed by atoms with Crippen LogP contribution in [0, 0.1) is 17.8 Å². The monoisotopic (exact) mass is 354 g/mol. The van der Waals surface area contributed by atoms with Gasteiger partial charge in [-0.15, -0.1) is 6.58 Å². The Labute approximate surface area is 154 Å². The van der Waals surface area contributed by atoms with Crippen LogP contribution in [0.2, 0.25) is 0 Å². The molecule has 0 bridgehead atoms. The molecular formula is C22H26O4. The third kappa shape index (κ3) is 3.96. The number of esters is 1. The summed E-state index contributed by atoms with van der Waals surface area (Å²) in [6.07, 6.45) is 2.97. The fourth-order valence-corrected chi connectivity index (χ4v) is 4.22. The van der Waals surface area contributed by atoms with Crippen molar-refractivity contribution in [3.8, 4) is 0 Å². The van der Waals surface area contributed by atoms with Gasteiger partial charge in [0, 0.05) is 24.3 Å². The fraction of sp³-hybridized carbons (Fsp3) is 0.455. The zero-order chi connectivity index (χ0) is 18.7. The second kappa shape index (κ2) is 8.00. The minimum absolute atomic E-state index is 0.0794. The lowest BCUT2D eigenvalue weighted by atomic mass is 9.70. The highest BCUT2D eigenvalue weighted by Crippen LogP contribution is 2.46. The van der Waals surface area contributed by atoms with Crippen LogP contribution in [-0.2, 0) is 25.7 Å². The van der Waals surface area contributed by atoms with Crippen LogP contribution in [-0.4, -0.2) is 24.0 Å². The number of Topliss-reactive ketones (excluding diaryl/α,β-unsaturated/α-hetero) is 1. The van der Waals surface area contributed by atoms with E-state index in [9.17, 15) is 9.59 Å². The van der Waals surface area contributed by atoms with Gasteiger partial charge in [-0.25, -0.2) is 4.79 Å². The number of carbonyl (C=O) groups excluding carboxylic acids is 2. The zero-order valence-electron chi connectivity index (χ0n) is 15.2. The molecule has 138 valence electrons. The Kier molecular flexibility index (Phi) is 5.72. The van der Waals surface area contributed by atoms with Crippen molar-refractivity contribution in [3.63, 3.8) is 0 Å². The van der Waals surface area contributed by atoms with Crippen LogP contribution in [0.4, 0.5) is 0 Å². The highest BCUT2D eigenvalue weighted by molar-refractivity contribution is 5.87. The number of benzene rings is 1. The molecule has 1 aromatic rings. The van der Waals surface area contributed by atoms with E-state index in [1.165, 1.54) is 0 Å². The Bertz CT molecular complexity index is 693. The van der Waals surface area contributed by atoms with Crippen LogP contribution in [0.1, 0.15) is 31.7 Å². The molecule has 2 fully saturated rings. The Morgan fingerprint density at radius 3 is 2.65 bits per heavy atom. The van der Waals surface area contributed by atoms with E-state index in [1.54, 1.807) is 6.92 Å². The molecule has 1 unspecified atom stereocenters. The SMILES string of the molecule is C=C[C@H]1C2CC(=O)C[C@@H]2C[C@@H](OCc2ccccc2)[C@@H]1OC(=O)C(=C)C. The summed E-state index contributed by atoms with van der Waals surface area (Å²) >= 11 is 0. The number of ketones is 1. The summed E-state index contributed by atoms with van der Waals surface area (Å²) in [7, 11) is 0. The highest BCUT2D eigenvalue weighted by Gasteiger charge is 2.49. The summed E-state index contributed by atoms with van der Waals surface area (Å²) < 4.78 is 11.9. The first-order valence-electron chi connectivity index (χ1n) is 9.16. The summed E-state index contributed by atoms with van der Waals surface area (Å²) in [5.74, 6) is 0.230. The highest BCUT2D eigenvalue weighted by atomic mass is 16.6. The lowest BCUT2D eigenvalue weighted by Gasteiger charge is -2.42. The molecule has 0 saturated heterocycles. The van der Waals surface area contributed by atoms with E-state index in [4.69, 9.17) is 9.47 Å². The molecule has 0 N–H and O–H groups in total. The van der Waals surface area contributed by atoms with Crippen LogP contribution >= 0.6 is 0 Å². The second-order valence-electron chi connectivity index (χ2n) is 7.40. The third-order valence-electron chi connectivity index (χ3n) is 5.50. The molecule has 2 saturated carbocycles. The maximum absolute atomic E-state index is 12.2. The van der Waals surface area contributed by atoms with Crippen LogP contribution in [0.25, 0.3) is 0 Å². The molecule has 0 radical (unpaired) electrons. The summed E-state index contributed by atoms with van der Waals surface area (Å²) in [6.45, 7) is 9.70. The molecule has 4 heteroatoms. The van der Waals surface area contributed by atoms with Crippen molar-refractivity contribution >= 4 is 11.8 Å². The molecule has 0 amide bonds. The molecule has 0 aromatic heterocycles. The molecule has 2 aliphatic rings. The standard InChI is InChI=1S/C22H26O4/c1-4-18-19-12-17(23)10-16(19)11-20(21(18)26-22(24)14(2)3)25-13-15-8-6-5-7-9-15/h4-9,16,18-21H,1-2,10-13H2,3H3/t16-,18+,19?,20-,21-/m1/s1. The number of carbonyl (C=O) groups is 2. The third-order valence-corrected chi connectivity index (χ3v) is 5.50. The molecule has 0 heterocycles. The molecule has 1 aromatic carbocycles. The van der Waals surface area contributed by atoms with E-state index in [0.717, 1.165) is 12.0 Å². The molecule has 5 atom stereocenters. The van der Waals surface area contributed by atoms with Gasteiger partial charge in [-0.3, -0.25) is 4.79 Å². The van der Waals surface area contributed by atoms with Gasteiger partial charge >= 0.3 is 5.97 Å². The maximum atomic E-state index is 12.2. The van der Waals surface area contributed by atoms with E-state index in [-0.39, 0.29) is 29.6 Å². The van der Waals surface area contributed by atoms with Crippen molar-refractivity contribution in [2.24, 2.45) is 17.8 Å². The van der Waals surface area contributed by atoms with Gasteiger partial charge in [-0.05, 0) is 30.7 Å². The summed E-state index contributed by atoms with van der Waals surface area (Å²) in [4.78, 5) is 24.2. The summed E-state index contributed by atoms with van der Waals surface area (Å²) in [6, 6.07) is 9.91. The van der Waals surface area contributed by atoms with Crippen LogP contribution < -0.4 is 0 Å². The first-order chi connectivity index (χ1) is 12.5. The van der Waals surface area contributed by atoms with E-state index >= 15 is 0 Å². The van der Waals surface area contributed by atoms with Crippen molar-refractivity contribution in [2.75, 3.05) is 0 Å². The summed E-state index contributed by atoms with van der Waals surface area (Å²) in [5.41, 5.74) is 1.43. The van der Waals surface area contributed by atoms with Gasteiger partial charge in [0.2, 0.25) is 0 Å². The van der Waals surface area contributed by atoms with Crippen LogP contribution in [0.3, 0.4) is 0 Å². The first kappa shape index (κ1) is 18.6. The molecule has 0 spiro atoms. The first-order valence-corrected chi connectivity index (χ1v) is 9.16. The van der Waals surface area contributed by atoms with Crippen LogP contribution in [0.15, 0.2) is 55.1 Å². The van der Waals surface area contributed by atoms with Gasteiger partial charge in [-0.1, -0.05) is 43.0 Å². The Hall–Kier alpha value is -2.20. The average Bonchev–Trinajstić information content (AvgIpc) is 3.00. The predicted octanol–water partition coefficient (Wildman–Crippen LogP) is 3.86. The quantitative estimate of drug-likeness (QED) is 0.442. The summed E-state index contributed by atoms with van der Waals surface area (Å²) in [5, 5.41) is 0.